The summed E-state index contributed by atoms with van der Waals surface area (Å²) < 4.78 is 63.6. The van der Waals surface area contributed by atoms with Crippen molar-refractivity contribution < 1.29 is 26.4 Å². The number of nitrogens with zero attached hydrogens (tertiary/aromatic N) is 3. The maximum Gasteiger partial charge on any atom is 0.430 e. The van der Waals surface area contributed by atoms with E-state index in [2.05, 4.69) is 5.10 Å². The first-order chi connectivity index (χ1) is 11.5. The molecule has 7 nitrogen and oxygen atoms in total. The lowest BCUT2D eigenvalue weighted by Gasteiger charge is -2.18. The van der Waals surface area contributed by atoms with E-state index in [1.807, 2.05) is 0 Å². The van der Waals surface area contributed by atoms with Crippen LogP contribution in [0.5, 0.6) is 0 Å². The highest BCUT2D eigenvalue weighted by molar-refractivity contribution is 7.90. The van der Waals surface area contributed by atoms with Crippen LogP contribution in [-0.4, -0.2) is 37.9 Å². The average molecular weight is 376 g/mol. The number of urea groups is 1. The summed E-state index contributed by atoms with van der Waals surface area (Å²) in [5.41, 5.74) is -0.570. The van der Waals surface area contributed by atoms with E-state index in [0.717, 1.165) is 5.56 Å². The van der Waals surface area contributed by atoms with Crippen LogP contribution < -0.4 is 4.72 Å². The van der Waals surface area contributed by atoms with Gasteiger partial charge in [-0.25, -0.2) is 22.9 Å². The van der Waals surface area contributed by atoms with Crippen LogP contribution in [0.25, 0.3) is 0 Å². The van der Waals surface area contributed by atoms with Crippen molar-refractivity contribution in [1.29, 1.82) is 5.26 Å². The van der Waals surface area contributed by atoms with Gasteiger partial charge >= 0.3 is 12.2 Å². The van der Waals surface area contributed by atoms with Crippen molar-refractivity contribution in [3.05, 3.63) is 29.8 Å². The number of aryl methyl sites for hydroxylation is 1. The second-order valence-electron chi connectivity index (χ2n) is 4.94. The zero-order chi connectivity index (χ0) is 19.3. The molecule has 0 saturated heterocycles. The molecule has 1 aromatic carbocycles. The zero-order valence-corrected chi connectivity index (χ0v) is 14.1. The van der Waals surface area contributed by atoms with Crippen LogP contribution in [-0.2, 0) is 10.0 Å². The lowest BCUT2D eigenvalue weighted by molar-refractivity contribution is -0.0603. The molecule has 0 atom stereocenters. The van der Waals surface area contributed by atoms with Crippen LogP contribution >= 0.6 is 0 Å². The van der Waals surface area contributed by atoms with E-state index in [9.17, 15) is 26.4 Å². The number of nitrogens with one attached hydrogen (secondary N) is 1. The molecule has 1 rings (SSSR count). The normalized spacial score (nSPS) is 12.4. The molecule has 0 heterocycles. The van der Waals surface area contributed by atoms with Crippen LogP contribution in [0.2, 0.25) is 0 Å². The minimum atomic E-state index is -4.79. The van der Waals surface area contributed by atoms with Gasteiger partial charge in [0.05, 0.1) is 23.9 Å². The Morgan fingerprint density at radius 2 is 1.88 bits per heavy atom. The molecule has 0 unspecified atom stereocenters. The number of alkyl halides is 3. The van der Waals surface area contributed by atoms with Crippen molar-refractivity contribution in [3.63, 3.8) is 0 Å². The van der Waals surface area contributed by atoms with E-state index in [4.69, 9.17) is 5.26 Å². The third-order valence-electron chi connectivity index (χ3n) is 2.90. The summed E-state index contributed by atoms with van der Waals surface area (Å²) in [6.45, 7) is 1.85. The summed E-state index contributed by atoms with van der Waals surface area (Å²) in [6.07, 6.45) is -5.12. The van der Waals surface area contributed by atoms with E-state index >= 15 is 0 Å². The predicted octanol–water partition coefficient (Wildman–Crippen LogP) is 2.55. The number of nitriles is 1. The second-order valence-corrected chi connectivity index (χ2v) is 6.62. The van der Waals surface area contributed by atoms with Crippen molar-refractivity contribution in [2.24, 2.45) is 5.10 Å². The predicted molar refractivity (Wildman–Crippen MR) is 83.0 cm³/mol. The molecule has 0 aliphatic rings. The number of hydrogen-bond donors (Lipinski definition) is 1. The van der Waals surface area contributed by atoms with Gasteiger partial charge in [-0.15, -0.1) is 0 Å². The fraction of sp³-hybridized carbons (Fsp3) is 0.357. The van der Waals surface area contributed by atoms with Crippen molar-refractivity contribution in [1.82, 2.24) is 9.73 Å². The molecule has 11 heteroatoms. The van der Waals surface area contributed by atoms with Gasteiger partial charge in [-0.3, -0.25) is 0 Å². The molecule has 25 heavy (non-hydrogen) atoms. The Labute approximate surface area is 142 Å². The van der Waals surface area contributed by atoms with E-state index in [1.54, 1.807) is 17.7 Å². The summed E-state index contributed by atoms with van der Waals surface area (Å²) in [4.78, 5) is 11.8. The molecule has 1 N–H and O–H groups in total. The van der Waals surface area contributed by atoms with E-state index in [1.165, 1.54) is 24.3 Å². The van der Waals surface area contributed by atoms with Gasteiger partial charge in [0.15, 0.2) is 0 Å². The molecule has 0 aromatic heterocycles. The van der Waals surface area contributed by atoms with Crippen LogP contribution in [0.1, 0.15) is 18.9 Å². The first-order valence-electron chi connectivity index (χ1n) is 6.87. The number of rotatable bonds is 5. The number of carbonyl (C=O) groups is 1. The molecule has 1 aromatic rings. The van der Waals surface area contributed by atoms with Crippen LogP contribution in [0.4, 0.5) is 18.0 Å². The Morgan fingerprint density at radius 1 is 1.32 bits per heavy atom. The highest BCUT2D eigenvalue weighted by atomic mass is 32.2. The SMILES string of the molecule is C/C(=N\N(CCC#N)C(=O)NS(=O)(=O)c1ccc(C)cc1)C(F)(F)F. The van der Waals surface area contributed by atoms with Crippen LogP contribution in [0.15, 0.2) is 34.3 Å². The fourth-order valence-corrected chi connectivity index (χ4v) is 2.48. The summed E-state index contributed by atoms with van der Waals surface area (Å²) >= 11 is 0. The molecular weight excluding hydrogens is 361 g/mol. The first kappa shape index (κ1) is 20.4. The van der Waals surface area contributed by atoms with Crippen LogP contribution in [0.3, 0.4) is 0 Å². The standard InChI is InChI=1S/C14H15F3N4O3S/c1-10-4-6-12(7-5-10)25(23,24)20-13(22)21(9-3-8-18)19-11(2)14(15,16)17/h4-7H,3,9H2,1-2H3,(H,20,22)/b19-11+. The lowest BCUT2D eigenvalue weighted by atomic mass is 10.2. The molecule has 0 fully saturated rings. The summed E-state index contributed by atoms with van der Waals surface area (Å²) in [5, 5.41) is 11.9. The summed E-state index contributed by atoms with van der Waals surface area (Å²) in [6, 6.07) is 5.74. The highest BCUT2D eigenvalue weighted by Crippen LogP contribution is 2.18. The second kappa shape index (κ2) is 7.98. The molecule has 0 radical (unpaired) electrons. The maximum atomic E-state index is 12.6. The number of carbonyl (C=O) groups excluding carboxylic acids is 1. The zero-order valence-electron chi connectivity index (χ0n) is 13.3. The van der Waals surface area contributed by atoms with Gasteiger partial charge in [0.2, 0.25) is 0 Å². The van der Waals surface area contributed by atoms with Crippen molar-refractivity contribution in [2.75, 3.05) is 6.54 Å². The molecule has 0 bridgehead atoms. The third kappa shape index (κ3) is 6.07. The van der Waals surface area contributed by atoms with E-state index in [0.29, 0.717) is 6.92 Å². The van der Waals surface area contributed by atoms with Crippen molar-refractivity contribution in [3.8, 4) is 6.07 Å². The summed E-state index contributed by atoms with van der Waals surface area (Å²) in [5.74, 6) is 0. The highest BCUT2D eigenvalue weighted by Gasteiger charge is 2.33. The maximum absolute atomic E-state index is 12.6. The number of amides is 2. The molecule has 0 aliphatic carbocycles. The Morgan fingerprint density at radius 3 is 2.36 bits per heavy atom. The number of benzene rings is 1. The molecule has 2 amide bonds. The largest absolute Gasteiger partial charge is 0.430 e. The monoisotopic (exact) mass is 376 g/mol. The minimum Gasteiger partial charge on any atom is -0.246 e. The van der Waals surface area contributed by atoms with E-state index < -0.39 is 34.5 Å². The Kier molecular flexibility index (Phi) is 6.52. The smallest absolute Gasteiger partial charge is 0.246 e. The van der Waals surface area contributed by atoms with Crippen molar-refractivity contribution >= 4 is 21.8 Å². The topological polar surface area (TPSA) is 103 Å². The van der Waals surface area contributed by atoms with Gasteiger partial charge < -0.3 is 0 Å². The van der Waals surface area contributed by atoms with Gasteiger partial charge in [0.1, 0.15) is 5.71 Å². The third-order valence-corrected chi connectivity index (χ3v) is 4.24. The van der Waals surface area contributed by atoms with Crippen molar-refractivity contribution in [2.45, 2.75) is 31.3 Å². The minimum absolute atomic E-state index is 0.233. The molecule has 136 valence electrons. The van der Waals surface area contributed by atoms with Gasteiger partial charge in [0, 0.05) is 0 Å². The number of sulfonamides is 1. The number of halogens is 3. The molecule has 0 saturated carbocycles. The Balaban J connectivity index is 3.05. The number of hydrogen-bond acceptors (Lipinski definition) is 5. The van der Waals surface area contributed by atoms with Gasteiger partial charge in [-0.2, -0.15) is 23.5 Å². The van der Waals surface area contributed by atoms with E-state index in [-0.39, 0.29) is 16.3 Å². The van der Waals surface area contributed by atoms with Gasteiger partial charge in [-0.05, 0) is 26.0 Å². The molecule has 0 aliphatic heterocycles. The molecular formula is C14H15F3N4O3S. The molecule has 0 spiro atoms. The fourth-order valence-electron chi connectivity index (χ4n) is 1.53. The summed E-state index contributed by atoms with van der Waals surface area (Å²) in [7, 11) is -4.29. The van der Waals surface area contributed by atoms with Crippen LogP contribution in [0, 0.1) is 18.3 Å². The Hall–Kier alpha value is -2.61. The van der Waals surface area contributed by atoms with Gasteiger partial charge in [-0.1, -0.05) is 17.7 Å². The Bertz CT molecular complexity index is 796. The average Bonchev–Trinajstić information content (AvgIpc) is 2.50. The first-order valence-corrected chi connectivity index (χ1v) is 8.36. The quantitative estimate of drug-likeness (QED) is 0.630. The number of hydrazone groups is 1. The lowest BCUT2D eigenvalue weighted by Crippen LogP contribution is -2.41. The van der Waals surface area contributed by atoms with Gasteiger partial charge in [0.25, 0.3) is 10.0 Å².